The lowest BCUT2D eigenvalue weighted by atomic mass is 9.92. The van der Waals surface area contributed by atoms with Crippen LogP contribution < -0.4 is 10.1 Å². The van der Waals surface area contributed by atoms with Crippen LogP contribution in [0.3, 0.4) is 0 Å². The van der Waals surface area contributed by atoms with Gasteiger partial charge in [-0.25, -0.2) is 0 Å². The van der Waals surface area contributed by atoms with Crippen LogP contribution in [0.2, 0.25) is 0 Å². The van der Waals surface area contributed by atoms with Gasteiger partial charge in [0.05, 0.1) is 24.0 Å². The normalized spacial score (nSPS) is 29.7. The molecule has 0 spiro atoms. The highest BCUT2D eigenvalue weighted by molar-refractivity contribution is 6.01. The zero-order valence-electron chi connectivity index (χ0n) is 15.7. The van der Waals surface area contributed by atoms with E-state index in [1.54, 1.807) is 23.1 Å². The van der Waals surface area contributed by atoms with Gasteiger partial charge in [-0.2, -0.15) is 0 Å². The third kappa shape index (κ3) is 3.66. The van der Waals surface area contributed by atoms with Gasteiger partial charge in [-0.05, 0) is 51.3 Å². The second-order valence-electron chi connectivity index (χ2n) is 8.32. The van der Waals surface area contributed by atoms with E-state index in [0.717, 1.165) is 19.3 Å². The zero-order chi connectivity index (χ0) is 19.2. The van der Waals surface area contributed by atoms with Crippen molar-refractivity contribution in [2.75, 3.05) is 25.0 Å². The third-order valence-corrected chi connectivity index (χ3v) is 5.55. The van der Waals surface area contributed by atoms with Crippen LogP contribution in [0.5, 0.6) is 5.75 Å². The lowest BCUT2D eigenvalue weighted by Gasteiger charge is -2.31. The van der Waals surface area contributed by atoms with Crippen molar-refractivity contribution in [2.45, 2.75) is 50.9 Å². The fraction of sp³-hybridized carbons (Fsp3) is 0.600. The van der Waals surface area contributed by atoms with Crippen LogP contribution in [0, 0.1) is 5.92 Å². The molecule has 1 aromatic rings. The number of aliphatic hydroxyl groups excluding tert-OH is 1. The van der Waals surface area contributed by atoms with E-state index in [-0.39, 0.29) is 23.3 Å². The Labute approximate surface area is 158 Å². The number of carbonyl (C=O) groups excluding carboxylic acids is 2. The van der Waals surface area contributed by atoms with Crippen molar-refractivity contribution in [3.05, 3.63) is 23.8 Å². The number of rotatable bonds is 2. The molecule has 3 heterocycles. The number of amides is 2. The minimum absolute atomic E-state index is 0.00398. The Kier molecular flexibility index (Phi) is 4.60. The largest absolute Gasteiger partial charge is 0.478 e. The quantitative estimate of drug-likeness (QED) is 0.824. The predicted octanol–water partition coefficient (Wildman–Crippen LogP) is 1.80. The van der Waals surface area contributed by atoms with Crippen molar-refractivity contribution < 1.29 is 24.2 Å². The number of β-amino-alcohol motifs (C(OH)–C–C–N with tert-alkyl or cyclic N) is 1. The molecule has 0 aromatic heterocycles. The van der Waals surface area contributed by atoms with E-state index in [2.05, 4.69) is 5.32 Å². The molecule has 2 fully saturated rings. The number of aliphatic hydroxyl groups is 1. The lowest BCUT2D eigenvalue weighted by Crippen LogP contribution is -2.43. The van der Waals surface area contributed by atoms with E-state index in [4.69, 9.17) is 9.47 Å². The topological polar surface area (TPSA) is 88.1 Å². The first-order valence-corrected chi connectivity index (χ1v) is 9.55. The van der Waals surface area contributed by atoms with Gasteiger partial charge in [0, 0.05) is 24.6 Å². The van der Waals surface area contributed by atoms with E-state index < -0.39 is 12.2 Å². The predicted molar refractivity (Wildman–Crippen MR) is 98.8 cm³/mol. The number of hydrogen-bond donors (Lipinski definition) is 2. The van der Waals surface area contributed by atoms with Crippen molar-refractivity contribution in [2.24, 2.45) is 5.92 Å². The van der Waals surface area contributed by atoms with E-state index >= 15 is 0 Å². The molecule has 27 heavy (non-hydrogen) atoms. The van der Waals surface area contributed by atoms with Crippen LogP contribution in [0.25, 0.3) is 0 Å². The summed E-state index contributed by atoms with van der Waals surface area (Å²) in [7, 11) is 0. The smallest absolute Gasteiger partial charge is 0.265 e. The molecular formula is C20H26N2O5. The van der Waals surface area contributed by atoms with Crippen LogP contribution in [-0.2, 0) is 9.53 Å². The lowest BCUT2D eigenvalue weighted by molar-refractivity contribution is -0.125. The Bertz CT molecular complexity index is 763. The Hall–Kier alpha value is -2.12. The average Bonchev–Trinajstić information content (AvgIpc) is 2.99. The molecule has 3 atom stereocenters. The molecule has 0 radical (unpaired) electrons. The molecule has 2 saturated heterocycles. The van der Waals surface area contributed by atoms with E-state index in [9.17, 15) is 14.7 Å². The first kappa shape index (κ1) is 18.3. The van der Waals surface area contributed by atoms with Gasteiger partial charge < -0.3 is 24.8 Å². The highest BCUT2D eigenvalue weighted by atomic mass is 16.5. The second-order valence-corrected chi connectivity index (χ2v) is 8.32. The summed E-state index contributed by atoms with van der Waals surface area (Å²) in [5.74, 6) is 0.231. The highest BCUT2D eigenvalue weighted by Crippen LogP contribution is 2.38. The van der Waals surface area contributed by atoms with Crippen LogP contribution in [0.15, 0.2) is 18.2 Å². The first-order valence-electron chi connectivity index (χ1n) is 9.55. The Morgan fingerprint density at radius 3 is 2.89 bits per heavy atom. The third-order valence-electron chi connectivity index (χ3n) is 5.55. The number of piperidine rings is 1. The summed E-state index contributed by atoms with van der Waals surface area (Å²) in [5, 5.41) is 12.7. The maximum atomic E-state index is 12.7. The number of hydrogen-bond acceptors (Lipinski definition) is 5. The van der Waals surface area contributed by atoms with Crippen molar-refractivity contribution in [1.29, 1.82) is 0 Å². The van der Waals surface area contributed by atoms with Crippen molar-refractivity contribution in [1.82, 2.24) is 4.90 Å². The SMILES string of the molecule is CC1(C)CC(C2Oc3ccc(C(=O)N4CCCC(O)C4)cc3NC2=O)CO1. The monoisotopic (exact) mass is 374 g/mol. The molecule has 146 valence electrons. The number of anilines is 1. The molecule has 3 unspecified atom stereocenters. The van der Waals surface area contributed by atoms with E-state index in [1.165, 1.54) is 0 Å². The van der Waals surface area contributed by atoms with Crippen molar-refractivity contribution >= 4 is 17.5 Å². The minimum Gasteiger partial charge on any atom is -0.478 e. The molecule has 0 saturated carbocycles. The maximum absolute atomic E-state index is 12.7. The summed E-state index contributed by atoms with van der Waals surface area (Å²) < 4.78 is 11.7. The summed E-state index contributed by atoms with van der Waals surface area (Å²) in [5.41, 5.74) is 0.748. The summed E-state index contributed by atoms with van der Waals surface area (Å²) in [4.78, 5) is 26.9. The number of nitrogens with zero attached hydrogens (tertiary/aromatic N) is 1. The summed E-state index contributed by atoms with van der Waals surface area (Å²) in [6.07, 6.45) is 1.22. The maximum Gasteiger partial charge on any atom is 0.265 e. The number of likely N-dealkylation sites (tertiary alicyclic amines) is 1. The molecule has 7 heteroatoms. The van der Waals surface area contributed by atoms with E-state index in [1.807, 2.05) is 13.8 Å². The van der Waals surface area contributed by atoms with E-state index in [0.29, 0.717) is 36.7 Å². The van der Waals surface area contributed by atoms with Gasteiger partial charge in [0.2, 0.25) is 0 Å². The number of fused-ring (bicyclic) bond motifs is 1. The van der Waals surface area contributed by atoms with Crippen LogP contribution >= 0.6 is 0 Å². The van der Waals surface area contributed by atoms with Crippen molar-refractivity contribution in [3.63, 3.8) is 0 Å². The summed E-state index contributed by atoms with van der Waals surface area (Å²) in [6.45, 7) is 5.50. The molecule has 3 aliphatic heterocycles. The Morgan fingerprint density at radius 1 is 1.37 bits per heavy atom. The fourth-order valence-electron chi connectivity index (χ4n) is 4.17. The molecule has 2 amide bonds. The minimum atomic E-state index is -0.585. The first-order chi connectivity index (χ1) is 12.8. The Morgan fingerprint density at radius 2 is 2.19 bits per heavy atom. The molecule has 0 bridgehead atoms. The molecule has 0 aliphatic carbocycles. The van der Waals surface area contributed by atoms with Crippen molar-refractivity contribution in [3.8, 4) is 5.75 Å². The fourth-order valence-corrected chi connectivity index (χ4v) is 4.17. The summed E-state index contributed by atoms with van der Waals surface area (Å²) >= 11 is 0. The van der Waals surface area contributed by atoms with Gasteiger partial charge >= 0.3 is 0 Å². The Balaban J connectivity index is 1.50. The highest BCUT2D eigenvalue weighted by Gasteiger charge is 2.43. The van der Waals surface area contributed by atoms with Gasteiger partial charge in [0.1, 0.15) is 5.75 Å². The van der Waals surface area contributed by atoms with Gasteiger partial charge in [0.15, 0.2) is 6.10 Å². The average molecular weight is 374 g/mol. The molecule has 3 aliphatic rings. The van der Waals surface area contributed by atoms with Crippen LogP contribution in [0.1, 0.15) is 43.5 Å². The molecule has 7 nitrogen and oxygen atoms in total. The van der Waals surface area contributed by atoms with Gasteiger partial charge in [-0.15, -0.1) is 0 Å². The summed E-state index contributed by atoms with van der Waals surface area (Å²) in [6, 6.07) is 5.10. The second kappa shape index (κ2) is 6.80. The van der Waals surface area contributed by atoms with Crippen LogP contribution in [-0.4, -0.2) is 59.3 Å². The van der Waals surface area contributed by atoms with Gasteiger partial charge in [-0.1, -0.05) is 0 Å². The molecular weight excluding hydrogens is 348 g/mol. The number of ether oxygens (including phenoxy) is 2. The number of benzene rings is 1. The number of nitrogens with one attached hydrogen (secondary N) is 1. The molecule has 4 rings (SSSR count). The number of carbonyl (C=O) groups is 2. The van der Waals surface area contributed by atoms with Gasteiger partial charge in [0.25, 0.3) is 11.8 Å². The van der Waals surface area contributed by atoms with Crippen LogP contribution in [0.4, 0.5) is 5.69 Å². The van der Waals surface area contributed by atoms with Gasteiger partial charge in [-0.3, -0.25) is 9.59 Å². The standard InChI is InChI=1S/C20H26N2O5/c1-20(2)9-13(11-26-20)17-18(24)21-15-8-12(5-6-16(15)27-17)19(25)22-7-3-4-14(23)10-22/h5-6,8,13-14,17,23H,3-4,7,9-11H2,1-2H3,(H,21,24). The zero-order valence-corrected chi connectivity index (χ0v) is 15.7. The molecule has 2 N–H and O–H groups in total. The molecule has 1 aromatic carbocycles.